The predicted molar refractivity (Wildman–Crippen MR) is 45.1 cm³/mol. The minimum atomic E-state index is -3.62. The Balaban J connectivity index is 3.43. The predicted octanol–water partition coefficient (Wildman–Crippen LogP) is 0.346. The molecule has 0 atom stereocenters. The molecule has 0 saturated heterocycles. The third kappa shape index (κ3) is 1.80. The normalized spacial score (nSPS) is 11.6. The second kappa shape index (κ2) is 2.84. The van der Waals surface area contributed by atoms with E-state index in [1.165, 1.54) is 6.07 Å². The van der Waals surface area contributed by atoms with Crippen LogP contribution in [0.2, 0.25) is 0 Å². The molecule has 0 spiro atoms. The van der Waals surface area contributed by atoms with Crippen LogP contribution in [-0.4, -0.2) is 13.4 Å². The Morgan fingerprint density at radius 2 is 2.00 bits per heavy atom. The summed E-state index contributed by atoms with van der Waals surface area (Å²) in [7, 11) is -3.62. The van der Waals surface area contributed by atoms with Gasteiger partial charge in [-0.15, -0.1) is 0 Å². The van der Waals surface area contributed by atoms with Crippen molar-refractivity contribution in [2.24, 2.45) is 5.14 Å². The zero-order valence-electron chi connectivity index (χ0n) is 6.90. The highest BCUT2D eigenvalue weighted by atomic mass is 32.2. The lowest BCUT2D eigenvalue weighted by Gasteiger charge is -2.02. The number of pyridine rings is 1. The minimum Gasteiger partial charge on any atom is -0.260 e. The summed E-state index contributed by atoms with van der Waals surface area (Å²) >= 11 is 0. The van der Waals surface area contributed by atoms with Gasteiger partial charge < -0.3 is 0 Å². The van der Waals surface area contributed by atoms with E-state index >= 15 is 0 Å². The molecule has 66 valence electrons. The van der Waals surface area contributed by atoms with Gasteiger partial charge in [-0.1, -0.05) is 0 Å². The first-order chi connectivity index (χ1) is 5.41. The molecule has 0 fully saturated rings. The van der Waals surface area contributed by atoms with Gasteiger partial charge in [-0.3, -0.25) is 4.98 Å². The Morgan fingerprint density at radius 3 is 2.42 bits per heavy atom. The Bertz CT molecular complexity index is 398. The third-order valence-corrected chi connectivity index (χ3v) is 2.51. The van der Waals surface area contributed by atoms with Crippen molar-refractivity contribution in [3.63, 3.8) is 0 Å². The highest BCUT2D eigenvalue weighted by Crippen LogP contribution is 2.11. The SMILES string of the molecule is Cc1cnc(C)c(S(N)(=O)=O)c1. The highest BCUT2D eigenvalue weighted by molar-refractivity contribution is 7.89. The number of hydrogen-bond acceptors (Lipinski definition) is 3. The van der Waals surface area contributed by atoms with Gasteiger partial charge in [0.1, 0.15) is 4.90 Å². The van der Waals surface area contributed by atoms with Gasteiger partial charge in [0.2, 0.25) is 10.0 Å². The summed E-state index contributed by atoms with van der Waals surface area (Å²) in [5.74, 6) is 0. The van der Waals surface area contributed by atoms with E-state index in [0.717, 1.165) is 5.56 Å². The second-order valence-electron chi connectivity index (χ2n) is 2.64. The van der Waals surface area contributed by atoms with Crippen molar-refractivity contribution in [2.45, 2.75) is 18.7 Å². The van der Waals surface area contributed by atoms with Crippen LogP contribution in [-0.2, 0) is 10.0 Å². The van der Waals surface area contributed by atoms with E-state index in [1.807, 2.05) is 0 Å². The van der Waals surface area contributed by atoms with Crippen LogP contribution < -0.4 is 5.14 Å². The van der Waals surface area contributed by atoms with E-state index in [2.05, 4.69) is 4.98 Å². The fraction of sp³-hybridized carbons (Fsp3) is 0.286. The Kier molecular flexibility index (Phi) is 2.16. The van der Waals surface area contributed by atoms with Crippen LogP contribution in [0.1, 0.15) is 11.3 Å². The lowest BCUT2D eigenvalue weighted by Crippen LogP contribution is -2.14. The Labute approximate surface area is 71.5 Å². The first-order valence-corrected chi connectivity index (χ1v) is 4.92. The fourth-order valence-electron chi connectivity index (χ4n) is 0.899. The van der Waals surface area contributed by atoms with E-state index in [0.29, 0.717) is 5.69 Å². The number of nitrogens with zero attached hydrogens (tertiary/aromatic N) is 1. The van der Waals surface area contributed by atoms with Gasteiger partial charge in [0.25, 0.3) is 0 Å². The highest BCUT2D eigenvalue weighted by Gasteiger charge is 2.11. The summed E-state index contributed by atoms with van der Waals surface area (Å²) < 4.78 is 21.9. The molecule has 0 radical (unpaired) electrons. The topological polar surface area (TPSA) is 73.0 Å². The average molecular weight is 186 g/mol. The number of hydrogen-bond donors (Lipinski definition) is 1. The number of rotatable bonds is 1. The first-order valence-electron chi connectivity index (χ1n) is 3.37. The lowest BCUT2D eigenvalue weighted by atomic mass is 10.3. The van der Waals surface area contributed by atoms with Crippen molar-refractivity contribution >= 4 is 10.0 Å². The molecule has 1 rings (SSSR count). The van der Waals surface area contributed by atoms with E-state index < -0.39 is 10.0 Å². The van der Waals surface area contributed by atoms with Gasteiger partial charge in [-0.25, -0.2) is 13.6 Å². The summed E-state index contributed by atoms with van der Waals surface area (Å²) in [4.78, 5) is 3.99. The van der Waals surface area contributed by atoms with Gasteiger partial charge in [-0.2, -0.15) is 0 Å². The average Bonchev–Trinajstić information content (AvgIpc) is 1.92. The van der Waals surface area contributed by atoms with Crippen molar-refractivity contribution in [3.05, 3.63) is 23.5 Å². The van der Waals surface area contributed by atoms with Gasteiger partial charge in [0, 0.05) is 6.20 Å². The van der Waals surface area contributed by atoms with Crippen LogP contribution in [0.3, 0.4) is 0 Å². The number of aryl methyl sites for hydroxylation is 2. The summed E-state index contributed by atoms with van der Waals surface area (Å²) in [6.07, 6.45) is 1.60. The van der Waals surface area contributed by atoms with Crippen molar-refractivity contribution in [3.8, 4) is 0 Å². The summed E-state index contributed by atoms with van der Waals surface area (Å²) in [5, 5.41) is 4.96. The monoisotopic (exact) mass is 186 g/mol. The smallest absolute Gasteiger partial charge is 0.239 e. The van der Waals surface area contributed by atoms with E-state index in [1.54, 1.807) is 20.0 Å². The Hall–Kier alpha value is -0.940. The maximum absolute atomic E-state index is 10.9. The molecule has 0 unspecified atom stereocenters. The molecule has 1 aromatic heterocycles. The number of aromatic nitrogens is 1. The molecule has 4 nitrogen and oxygen atoms in total. The standard InChI is InChI=1S/C7H10N2O2S/c1-5-3-7(12(8,10)11)6(2)9-4-5/h3-4H,1-2H3,(H2,8,10,11). The quantitative estimate of drug-likeness (QED) is 0.687. The van der Waals surface area contributed by atoms with E-state index in [4.69, 9.17) is 5.14 Å². The molecule has 5 heteroatoms. The molecule has 0 aliphatic heterocycles. The maximum atomic E-state index is 10.9. The zero-order chi connectivity index (χ0) is 9.35. The van der Waals surface area contributed by atoms with Crippen LogP contribution in [0.4, 0.5) is 0 Å². The molecule has 0 aliphatic rings. The number of nitrogens with two attached hydrogens (primary N) is 1. The molecule has 2 N–H and O–H groups in total. The summed E-state index contributed by atoms with van der Waals surface area (Å²) in [6.45, 7) is 3.38. The van der Waals surface area contributed by atoms with Crippen molar-refractivity contribution in [2.75, 3.05) is 0 Å². The molecule has 1 aromatic rings. The molecule has 0 aliphatic carbocycles. The molecular formula is C7H10N2O2S. The summed E-state index contributed by atoms with van der Waals surface area (Å²) in [5.41, 5.74) is 1.22. The third-order valence-electron chi connectivity index (χ3n) is 1.48. The zero-order valence-corrected chi connectivity index (χ0v) is 7.72. The molecule has 0 bridgehead atoms. The van der Waals surface area contributed by atoms with Crippen LogP contribution in [0.5, 0.6) is 0 Å². The van der Waals surface area contributed by atoms with Crippen LogP contribution in [0.25, 0.3) is 0 Å². The minimum absolute atomic E-state index is 0.0995. The largest absolute Gasteiger partial charge is 0.260 e. The van der Waals surface area contributed by atoms with Gasteiger partial charge >= 0.3 is 0 Å². The van der Waals surface area contributed by atoms with Crippen LogP contribution in [0, 0.1) is 13.8 Å². The van der Waals surface area contributed by atoms with E-state index in [-0.39, 0.29) is 4.90 Å². The molecule has 12 heavy (non-hydrogen) atoms. The van der Waals surface area contributed by atoms with Gasteiger partial charge in [-0.05, 0) is 25.5 Å². The van der Waals surface area contributed by atoms with Crippen molar-refractivity contribution in [1.29, 1.82) is 0 Å². The van der Waals surface area contributed by atoms with Gasteiger partial charge in [0.05, 0.1) is 5.69 Å². The number of primary sulfonamides is 1. The lowest BCUT2D eigenvalue weighted by molar-refractivity contribution is 0.596. The van der Waals surface area contributed by atoms with E-state index in [9.17, 15) is 8.42 Å². The van der Waals surface area contributed by atoms with Gasteiger partial charge in [0.15, 0.2) is 0 Å². The fourth-order valence-corrected chi connectivity index (χ4v) is 1.71. The maximum Gasteiger partial charge on any atom is 0.239 e. The molecule has 0 aromatic carbocycles. The summed E-state index contributed by atoms with van der Waals surface area (Å²) in [6, 6.07) is 1.51. The molecule has 1 heterocycles. The molecule has 0 amide bonds. The van der Waals surface area contributed by atoms with Crippen molar-refractivity contribution in [1.82, 2.24) is 4.98 Å². The van der Waals surface area contributed by atoms with Crippen LogP contribution in [0.15, 0.2) is 17.2 Å². The molecular weight excluding hydrogens is 176 g/mol. The first kappa shape index (κ1) is 9.15. The Morgan fingerprint density at radius 1 is 1.42 bits per heavy atom. The second-order valence-corrected chi connectivity index (χ2v) is 4.17. The number of sulfonamides is 1. The molecule has 0 saturated carbocycles. The van der Waals surface area contributed by atoms with Crippen molar-refractivity contribution < 1.29 is 8.42 Å². The van der Waals surface area contributed by atoms with Crippen LogP contribution >= 0.6 is 0 Å².